The number of carbonyl (C=O) groups excluding carboxylic acids is 2. The van der Waals surface area contributed by atoms with E-state index in [4.69, 9.17) is 4.74 Å². The molecule has 2 amide bonds. The summed E-state index contributed by atoms with van der Waals surface area (Å²) in [6.07, 6.45) is -13.9. The van der Waals surface area contributed by atoms with E-state index in [1.807, 2.05) is 0 Å². The number of halogens is 10. The van der Waals surface area contributed by atoms with E-state index < -0.39 is 52.7 Å². The molecule has 0 aliphatic heterocycles. The van der Waals surface area contributed by atoms with Crippen molar-refractivity contribution in [1.82, 2.24) is 0 Å². The molecular formula is C28H22F10N2O3. The summed E-state index contributed by atoms with van der Waals surface area (Å²) >= 11 is 0. The summed E-state index contributed by atoms with van der Waals surface area (Å²) < 4.78 is 141. The van der Waals surface area contributed by atoms with Gasteiger partial charge in [-0.1, -0.05) is 19.1 Å². The summed E-state index contributed by atoms with van der Waals surface area (Å²) in [6, 6.07) is 8.73. The normalized spacial score (nSPS) is 13.7. The van der Waals surface area contributed by atoms with E-state index in [2.05, 4.69) is 10.6 Å². The van der Waals surface area contributed by atoms with Crippen molar-refractivity contribution >= 4 is 23.2 Å². The number of carbonyl (C=O) groups is 2. The first-order valence-electron chi connectivity index (χ1n) is 12.2. The summed E-state index contributed by atoms with van der Waals surface area (Å²) in [7, 11) is 1.15. The maximum Gasteiger partial charge on any atom is 0.457 e. The van der Waals surface area contributed by atoms with Crippen LogP contribution in [0.5, 0.6) is 5.75 Å². The van der Waals surface area contributed by atoms with Gasteiger partial charge < -0.3 is 15.4 Å². The quantitative estimate of drug-likeness (QED) is 0.249. The van der Waals surface area contributed by atoms with Crippen LogP contribution in [0.25, 0.3) is 0 Å². The van der Waals surface area contributed by atoms with Gasteiger partial charge in [-0.2, -0.15) is 35.1 Å². The lowest BCUT2D eigenvalue weighted by molar-refractivity contribution is -0.389. The molecule has 0 bridgehead atoms. The number of para-hydroxylation sites is 1. The molecule has 0 saturated heterocycles. The molecule has 1 atom stereocenters. The van der Waals surface area contributed by atoms with Crippen LogP contribution in [0.4, 0.5) is 55.3 Å². The molecule has 0 aliphatic carbocycles. The number of benzene rings is 3. The highest BCUT2D eigenvalue weighted by Crippen LogP contribution is 2.58. The summed E-state index contributed by atoms with van der Waals surface area (Å²) in [5.74, 6) is -9.32. The van der Waals surface area contributed by atoms with E-state index in [9.17, 15) is 49.1 Å². The zero-order chi connectivity index (χ0) is 32.5. The Hall–Kier alpha value is -4.30. The van der Waals surface area contributed by atoms with Gasteiger partial charge in [-0.3, -0.25) is 9.59 Å². The molecule has 3 rings (SSSR count). The number of rotatable bonds is 8. The molecule has 0 heterocycles. The van der Waals surface area contributed by atoms with Gasteiger partial charge in [0.05, 0.1) is 18.4 Å². The lowest BCUT2D eigenvalue weighted by Crippen LogP contribution is -2.59. The van der Waals surface area contributed by atoms with Gasteiger partial charge in [-0.15, -0.1) is 0 Å². The number of amides is 2. The van der Waals surface area contributed by atoms with E-state index >= 15 is 4.39 Å². The van der Waals surface area contributed by atoms with Crippen molar-refractivity contribution in [1.29, 1.82) is 0 Å². The van der Waals surface area contributed by atoms with Crippen molar-refractivity contribution in [3.63, 3.8) is 0 Å². The number of hydrogen-bond acceptors (Lipinski definition) is 3. The Morgan fingerprint density at radius 1 is 0.814 bits per heavy atom. The van der Waals surface area contributed by atoms with Gasteiger partial charge >= 0.3 is 23.9 Å². The van der Waals surface area contributed by atoms with Gasteiger partial charge in [0.15, 0.2) is 5.75 Å². The second-order valence-corrected chi connectivity index (χ2v) is 9.21. The lowest BCUT2D eigenvalue weighted by Gasteiger charge is -2.36. The number of methoxy groups -OCH3 is 1. The minimum Gasteiger partial charge on any atom is -0.494 e. The van der Waals surface area contributed by atoms with Gasteiger partial charge in [0, 0.05) is 16.8 Å². The lowest BCUT2D eigenvalue weighted by atomic mass is 9.85. The van der Waals surface area contributed by atoms with Crippen molar-refractivity contribution in [2.75, 3.05) is 17.7 Å². The van der Waals surface area contributed by atoms with Gasteiger partial charge in [0.25, 0.3) is 11.8 Å². The van der Waals surface area contributed by atoms with Gasteiger partial charge in [-0.25, -0.2) is 8.78 Å². The van der Waals surface area contributed by atoms with Crippen LogP contribution < -0.4 is 15.4 Å². The Kier molecular flexibility index (Phi) is 9.08. The first-order chi connectivity index (χ1) is 19.8. The van der Waals surface area contributed by atoms with Crippen molar-refractivity contribution in [3.05, 3.63) is 88.2 Å². The Morgan fingerprint density at radius 3 is 1.93 bits per heavy atom. The molecule has 0 aliphatic rings. The van der Waals surface area contributed by atoms with Crippen LogP contribution in [0.3, 0.4) is 0 Å². The van der Waals surface area contributed by atoms with E-state index in [1.165, 1.54) is 37.3 Å². The van der Waals surface area contributed by atoms with Crippen molar-refractivity contribution in [3.8, 4) is 5.75 Å². The molecule has 0 saturated carbocycles. The Bertz CT molecular complexity index is 1520. The van der Waals surface area contributed by atoms with Crippen molar-refractivity contribution in [2.24, 2.45) is 0 Å². The minimum atomic E-state index is -6.89. The third kappa shape index (κ3) is 6.11. The number of alkyl halides is 9. The number of nitrogens with one attached hydrogen (secondary N) is 2. The monoisotopic (exact) mass is 624 g/mol. The molecule has 1 unspecified atom stereocenters. The highest BCUT2D eigenvalue weighted by atomic mass is 19.4. The number of hydrogen-bond donors (Lipinski definition) is 2. The molecule has 0 fully saturated rings. The average molecular weight is 624 g/mol. The SMILES string of the molecule is CCc1cc(C(F)(C(F)(F)F)C(F)(F)C(F)(F)F)cc(C)c1NC(=O)c1cccc(NC(=O)c2ccc(F)cc2)c1OC. The molecule has 2 N–H and O–H groups in total. The summed E-state index contributed by atoms with van der Waals surface area (Å²) in [6.45, 7) is 2.27. The zero-order valence-electron chi connectivity index (χ0n) is 22.4. The average Bonchev–Trinajstić information content (AvgIpc) is 2.92. The van der Waals surface area contributed by atoms with E-state index in [0.29, 0.717) is 0 Å². The standard InChI is InChI=1S/C28H22F10N2O3/c1-4-15-13-17(25(30,27(33,34)35)26(31,32)28(36,37)38)12-14(2)21(15)40-24(42)19-6-5-7-20(22(19)43-3)39-23(41)16-8-10-18(29)11-9-16/h5-13H,4H2,1-3H3,(H,39,41)(H,40,42). The molecular weight excluding hydrogens is 602 g/mol. The zero-order valence-corrected chi connectivity index (χ0v) is 22.4. The maximum absolute atomic E-state index is 15.1. The molecule has 232 valence electrons. The topological polar surface area (TPSA) is 67.4 Å². The predicted molar refractivity (Wildman–Crippen MR) is 136 cm³/mol. The van der Waals surface area contributed by atoms with Crippen LogP contribution >= 0.6 is 0 Å². The molecule has 15 heteroatoms. The minimum absolute atomic E-state index is 0.0194. The second-order valence-electron chi connectivity index (χ2n) is 9.21. The fourth-order valence-corrected chi connectivity index (χ4v) is 4.25. The molecule has 0 spiro atoms. The molecule has 43 heavy (non-hydrogen) atoms. The molecule has 3 aromatic carbocycles. The third-order valence-corrected chi connectivity index (χ3v) is 6.43. The second kappa shape index (κ2) is 11.8. The Balaban J connectivity index is 2.03. The molecule has 0 radical (unpaired) electrons. The molecule has 5 nitrogen and oxygen atoms in total. The van der Waals surface area contributed by atoms with Crippen molar-refractivity contribution in [2.45, 2.75) is 44.2 Å². The number of ether oxygens (including phenoxy) is 1. The number of anilines is 2. The largest absolute Gasteiger partial charge is 0.494 e. The maximum atomic E-state index is 15.1. The molecule has 0 aromatic heterocycles. The van der Waals surface area contributed by atoms with Crippen LogP contribution in [0.2, 0.25) is 0 Å². The van der Waals surface area contributed by atoms with Gasteiger partial charge in [0.2, 0.25) is 0 Å². The van der Waals surface area contributed by atoms with Gasteiger partial charge in [0.1, 0.15) is 5.82 Å². The molecule has 3 aromatic rings. The number of aryl methyl sites for hydroxylation is 2. The van der Waals surface area contributed by atoms with Crippen LogP contribution in [0.15, 0.2) is 54.6 Å². The van der Waals surface area contributed by atoms with Gasteiger partial charge in [-0.05, 0) is 66.9 Å². The van der Waals surface area contributed by atoms with Crippen LogP contribution in [0, 0.1) is 12.7 Å². The fraction of sp³-hybridized carbons (Fsp3) is 0.286. The first kappa shape index (κ1) is 33.2. The van der Waals surface area contributed by atoms with Crippen LogP contribution in [-0.2, 0) is 12.1 Å². The first-order valence-corrected chi connectivity index (χ1v) is 12.2. The van der Waals surface area contributed by atoms with E-state index in [1.54, 1.807) is 0 Å². The van der Waals surface area contributed by atoms with E-state index in [0.717, 1.165) is 26.2 Å². The van der Waals surface area contributed by atoms with Crippen LogP contribution in [0.1, 0.15) is 44.3 Å². The van der Waals surface area contributed by atoms with Crippen molar-refractivity contribution < 1.29 is 58.2 Å². The fourth-order valence-electron chi connectivity index (χ4n) is 4.25. The van der Waals surface area contributed by atoms with Crippen LogP contribution in [-0.4, -0.2) is 37.2 Å². The smallest absolute Gasteiger partial charge is 0.457 e. The highest BCUT2D eigenvalue weighted by molar-refractivity contribution is 6.10. The summed E-state index contributed by atoms with van der Waals surface area (Å²) in [5.41, 5.74) is -9.45. The predicted octanol–water partition coefficient (Wildman–Crippen LogP) is 8.13. The summed E-state index contributed by atoms with van der Waals surface area (Å²) in [5, 5.41) is 4.82. The Labute approximate surface area is 237 Å². The summed E-state index contributed by atoms with van der Waals surface area (Å²) in [4.78, 5) is 25.8. The third-order valence-electron chi connectivity index (χ3n) is 6.43. The highest BCUT2D eigenvalue weighted by Gasteiger charge is 2.81. The van der Waals surface area contributed by atoms with E-state index in [-0.39, 0.29) is 52.4 Å². The Morgan fingerprint density at radius 2 is 1.42 bits per heavy atom.